The molecule has 0 saturated carbocycles. The number of benzene rings is 2. The van der Waals surface area contributed by atoms with Gasteiger partial charge in [-0.15, -0.1) is 0 Å². The van der Waals surface area contributed by atoms with Crippen molar-refractivity contribution in [1.29, 1.82) is 0 Å². The fourth-order valence-corrected chi connectivity index (χ4v) is 2.56. The van der Waals surface area contributed by atoms with Crippen LogP contribution in [0.1, 0.15) is 5.56 Å². The van der Waals surface area contributed by atoms with Crippen LogP contribution in [0, 0.1) is 0 Å². The fraction of sp³-hybridized carbons (Fsp3) is 0.235. The van der Waals surface area contributed by atoms with Crippen LogP contribution in [-0.4, -0.2) is 42.5 Å². The SMILES string of the molecule is Oc1ccc(/C=N\N2CCN(c3ccc(Cl)cc3)CC2)cc1. The second-order valence-corrected chi connectivity index (χ2v) is 5.69. The Labute approximate surface area is 135 Å². The Balaban J connectivity index is 1.55. The lowest BCUT2D eigenvalue weighted by Gasteiger charge is -2.34. The van der Waals surface area contributed by atoms with Crippen LogP contribution in [0.3, 0.4) is 0 Å². The van der Waals surface area contributed by atoms with Gasteiger partial charge in [-0.3, -0.25) is 5.01 Å². The standard InChI is InChI=1S/C17H18ClN3O/c18-15-3-5-16(6-4-15)20-9-11-21(12-10-20)19-13-14-1-7-17(22)8-2-14/h1-8,13,22H,9-12H2/b19-13-. The zero-order valence-electron chi connectivity index (χ0n) is 12.2. The van der Waals surface area contributed by atoms with Gasteiger partial charge in [-0.1, -0.05) is 11.6 Å². The molecule has 2 aromatic rings. The Morgan fingerprint density at radius 1 is 0.909 bits per heavy atom. The molecule has 1 saturated heterocycles. The second-order valence-electron chi connectivity index (χ2n) is 5.25. The van der Waals surface area contributed by atoms with E-state index >= 15 is 0 Å². The lowest BCUT2D eigenvalue weighted by molar-refractivity contribution is 0.272. The summed E-state index contributed by atoms with van der Waals surface area (Å²) >= 11 is 5.92. The van der Waals surface area contributed by atoms with Crippen molar-refractivity contribution in [2.45, 2.75) is 0 Å². The molecule has 2 aromatic carbocycles. The molecule has 0 amide bonds. The lowest BCUT2D eigenvalue weighted by atomic mass is 10.2. The molecule has 0 aromatic heterocycles. The average molecular weight is 316 g/mol. The molecule has 5 heteroatoms. The first-order valence-electron chi connectivity index (χ1n) is 7.29. The third-order valence-electron chi connectivity index (χ3n) is 3.71. The number of hydrogen-bond donors (Lipinski definition) is 1. The third-order valence-corrected chi connectivity index (χ3v) is 3.96. The number of phenolic OH excluding ortho intramolecular Hbond substituents is 1. The predicted molar refractivity (Wildman–Crippen MR) is 90.9 cm³/mol. The fourth-order valence-electron chi connectivity index (χ4n) is 2.43. The Morgan fingerprint density at radius 3 is 2.18 bits per heavy atom. The van der Waals surface area contributed by atoms with Crippen molar-refractivity contribution < 1.29 is 5.11 Å². The van der Waals surface area contributed by atoms with E-state index in [1.165, 1.54) is 5.69 Å². The Hall–Kier alpha value is -2.20. The number of anilines is 1. The van der Waals surface area contributed by atoms with E-state index in [0.717, 1.165) is 36.8 Å². The molecular weight excluding hydrogens is 298 g/mol. The summed E-state index contributed by atoms with van der Waals surface area (Å²) in [5.74, 6) is 0.272. The van der Waals surface area contributed by atoms with Gasteiger partial charge in [0.2, 0.25) is 0 Å². The molecule has 1 aliphatic rings. The number of halogens is 1. The predicted octanol–water partition coefficient (Wildman–Crippen LogP) is 3.20. The van der Waals surface area contributed by atoms with E-state index in [0.29, 0.717) is 0 Å². The minimum atomic E-state index is 0.272. The Bertz CT molecular complexity index is 632. The van der Waals surface area contributed by atoms with Crippen molar-refractivity contribution in [1.82, 2.24) is 5.01 Å². The zero-order valence-corrected chi connectivity index (χ0v) is 12.9. The van der Waals surface area contributed by atoms with Crippen LogP contribution in [0.2, 0.25) is 5.02 Å². The van der Waals surface area contributed by atoms with Crippen molar-refractivity contribution in [2.24, 2.45) is 5.10 Å². The largest absolute Gasteiger partial charge is 0.508 e. The van der Waals surface area contributed by atoms with Crippen molar-refractivity contribution >= 4 is 23.5 Å². The summed E-state index contributed by atoms with van der Waals surface area (Å²) in [5.41, 5.74) is 2.18. The van der Waals surface area contributed by atoms with Crippen LogP contribution in [0.4, 0.5) is 5.69 Å². The van der Waals surface area contributed by atoms with E-state index in [4.69, 9.17) is 11.6 Å². The molecule has 3 rings (SSSR count). The van der Waals surface area contributed by atoms with E-state index in [1.54, 1.807) is 12.1 Å². The molecule has 0 aliphatic carbocycles. The summed E-state index contributed by atoms with van der Waals surface area (Å²) in [6.07, 6.45) is 1.83. The highest BCUT2D eigenvalue weighted by molar-refractivity contribution is 6.30. The number of rotatable bonds is 3. The normalized spacial score (nSPS) is 15.5. The van der Waals surface area contributed by atoms with Crippen LogP contribution >= 0.6 is 11.6 Å². The van der Waals surface area contributed by atoms with Crippen LogP contribution < -0.4 is 4.90 Å². The molecule has 22 heavy (non-hydrogen) atoms. The van der Waals surface area contributed by atoms with Crippen molar-refractivity contribution in [3.05, 3.63) is 59.1 Å². The van der Waals surface area contributed by atoms with Gasteiger partial charge in [0.05, 0.1) is 19.3 Å². The summed E-state index contributed by atoms with van der Waals surface area (Å²) in [6.45, 7) is 3.65. The van der Waals surface area contributed by atoms with Gasteiger partial charge in [-0.05, 0) is 54.1 Å². The van der Waals surface area contributed by atoms with Crippen LogP contribution in [-0.2, 0) is 0 Å². The molecule has 4 nitrogen and oxygen atoms in total. The molecule has 114 valence electrons. The van der Waals surface area contributed by atoms with E-state index in [1.807, 2.05) is 30.5 Å². The summed E-state index contributed by atoms with van der Waals surface area (Å²) < 4.78 is 0. The Morgan fingerprint density at radius 2 is 1.55 bits per heavy atom. The topological polar surface area (TPSA) is 39.1 Å². The molecule has 1 N–H and O–H groups in total. The third kappa shape index (κ3) is 3.71. The maximum Gasteiger partial charge on any atom is 0.115 e. The van der Waals surface area contributed by atoms with Gasteiger partial charge < -0.3 is 10.0 Å². The van der Waals surface area contributed by atoms with Crippen LogP contribution in [0.25, 0.3) is 0 Å². The molecule has 0 bridgehead atoms. The van der Waals surface area contributed by atoms with Gasteiger partial charge in [0.1, 0.15) is 5.75 Å². The van der Waals surface area contributed by atoms with Crippen molar-refractivity contribution in [3.63, 3.8) is 0 Å². The van der Waals surface area contributed by atoms with E-state index < -0.39 is 0 Å². The summed E-state index contributed by atoms with van der Waals surface area (Å²) in [5, 5.41) is 16.6. The first-order valence-corrected chi connectivity index (χ1v) is 7.67. The van der Waals surface area contributed by atoms with Crippen LogP contribution in [0.5, 0.6) is 5.75 Å². The molecule has 1 heterocycles. The van der Waals surface area contributed by atoms with Crippen LogP contribution in [0.15, 0.2) is 53.6 Å². The summed E-state index contributed by atoms with van der Waals surface area (Å²) in [7, 11) is 0. The number of piperazine rings is 1. The van der Waals surface area contributed by atoms with Gasteiger partial charge in [-0.2, -0.15) is 5.10 Å². The molecule has 0 spiro atoms. The minimum Gasteiger partial charge on any atom is -0.508 e. The molecular formula is C17H18ClN3O. The quantitative estimate of drug-likeness (QED) is 0.884. The highest BCUT2D eigenvalue weighted by atomic mass is 35.5. The Kier molecular flexibility index (Phi) is 4.49. The molecule has 0 atom stereocenters. The summed E-state index contributed by atoms with van der Waals surface area (Å²) in [6, 6.07) is 15.0. The van der Waals surface area contributed by atoms with E-state index in [9.17, 15) is 5.11 Å². The number of phenols is 1. The molecule has 0 radical (unpaired) electrons. The second kappa shape index (κ2) is 6.71. The first-order chi connectivity index (χ1) is 10.7. The first kappa shape index (κ1) is 14.7. The number of nitrogens with zero attached hydrogens (tertiary/aromatic N) is 3. The smallest absolute Gasteiger partial charge is 0.115 e. The minimum absolute atomic E-state index is 0.272. The molecule has 0 unspecified atom stereocenters. The maximum atomic E-state index is 9.26. The molecule has 1 fully saturated rings. The lowest BCUT2D eigenvalue weighted by Crippen LogP contribution is -2.44. The number of hydrogen-bond acceptors (Lipinski definition) is 4. The zero-order chi connectivity index (χ0) is 15.4. The maximum absolute atomic E-state index is 9.26. The van der Waals surface area contributed by atoms with Crippen molar-refractivity contribution in [3.8, 4) is 5.75 Å². The van der Waals surface area contributed by atoms with Gasteiger partial charge in [0.15, 0.2) is 0 Å². The molecule has 1 aliphatic heterocycles. The van der Waals surface area contributed by atoms with E-state index in [2.05, 4.69) is 27.1 Å². The van der Waals surface area contributed by atoms with E-state index in [-0.39, 0.29) is 5.75 Å². The van der Waals surface area contributed by atoms with Gasteiger partial charge in [-0.25, -0.2) is 0 Å². The number of hydrazone groups is 1. The highest BCUT2D eigenvalue weighted by Crippen LogP contribution is 2.19. The monoisotopic (exact) mass is 315 g/mol. The highest BCUT2D eigenvalue weighted by Gasteiger charge is 2.15. The number of aromatic hydroxyl groups is 1. The summed E-state index contributed by atoms with van der Waals surface area (Å²) in [4.78, 5) is 2.34. The van der Waals surface area contributed by atoms with Crippen molar-refractivity contribution in [2.75, 3.05) is 31.1 Å². The van der Waals surface area contributed by atoms with Gasteiger partial charge in [0.25, 0.3) is 0 Å². The average Bonchev–Trinajstić information content (AvgIpc) is 2.56. The van der Waals surface area contributed by atoms with Gasteiger partial charge in [0, 0.05) is 23.8 Å². The van der Waals surface area contributed by atoms with Gasteiger partial charge >= 0.3 is 0 Å².